The topological polar surface area (TPSA) is 66.7 Å². The van der Waals surface area contributed by atoms with Crippen molar-refractivity contribution in [3.63, 3.8) is 0 Å². The van der Waals surface area contributed by atoms with E-state index in [1.807, 2.05) is 19.1 Å². The van der Waals surface area contributed by atoms with Crippen LogP contribution in [0.15, 0.2) is 28.0 Å². The zero-order chi connectivity index (χ0) is 23.1. The predicted octanol–water partition coefficient (Wildman–Crippen LogP) is 5.14. The summed E-state index contributed by atoms with van der Waals surface area (Å²) in [6.07, 6.45) is 12.2. The second-order valence-corrected chi connectivity index (χ2v) is 11.4. The van der Waals surface area contributed by atoms with E-state index in [-0.39, 0.29) is 23.6 Å². The van der Waals surface area contributed by atoms with Gasteiger partial charge in [0.1, 0.15) is 15.8 Å². The third-order valence-electron chi connectivity index (χ3n) is 7.15. The summed E-state index contributed by atoms with van der Waals surface area (Å²) < 4.78 is 2.17. The first-order valence-corrected chi connectivity index (χ1v) is 13.2. The Labute approximate surface area is 203 Å². The van der Waals surface area contributed by atoms with Crippen LogP contribution in [-0.2, 0) is 4.79 Å². The SMILES string of the molecule is Cc1ccc2nc(NC3CCC(C)CC3)c(/C=C3/SC(=S)N(C4CCCC4)C3=O)c(=O)n2c1. The molecule has 33 heavy (non-hydrogen) atoms. The lowest BCUT2D eigenvalue weighted by atomic mass is 9.87. The highest BCUT2D eigenvalue weighted by Crippen LogP contribution is 2.38. The molecule has 8 heteroatoms. The molecule has 2 aliphatic carbocycles. The van der Waals surface area contributed by atoms with Crippen LogP contribution >= 0.6 is 24.0 Å². The quantitative estimate of drug-likeness (QED) is 0.481. The van der Waals surface area contributed by atoms with E-state index in [9.17, 15) is 9.59 Å². The monoisotopic (exact) mass is 482 g/mol. The molecule has 3 heterocycles. The molecule has 0 aromatic carbocycles. The van der Waals surface area contributed by atoms with Gasteiger partial charge in [-0.3, -0.25) is 18.9 Å². The summed E-state index contributed by atoms with van der Waals surface area (Å²) in [5.74, 6) is 1.22. The second kappa shape index (κ2) is 9.22. The Kier molecular flexibility index (Phi) is 6.31. The van der Waals surface area contributed by atoms with E-state index in [0.717, 1.165) is 50.0 Å². The number of pyridine rings is 1. The molecule has 1 aliphatic heterocycles. The van der Waals surface area contributed by atoms with E-state index < -0.39 is 0 Å². The Morgan fingerprint density at radius 3 is 2.58 bits per heavy atom. The summed E-state index contributed by atoms with van der Waals surface area (Å²) in [6, 6.07) is 4.29. The number of fused-ring (bicyclic) bond motifs is 1. The maximum atomic E-state index is 13.6. The average Bonchev–Trinajstić information content (AvgIpc) is 3.40. The van der Waals surface area contributed by atoms with Crippen LogP contribution in [0.1, 0.15) is 69.4 Å². The molecule has 3 aliphatic rings. The van der Waals surface area contributed by atoms with E-state index in [0.29, 0.717) is 26.3 Å². The number of carbonyl (C=O) groups is 1. The number of carbonyl (C=O) groups excluding carboxylic acids is 1. The van der Waals surface area contributed by atoms with Gasteiger partial charge in [0, 0.05) is 18.3 Å². The highest BCUT2D eigenvalue weighted by Gasteiger charge is 2.38. The van der Waals surface area contributed by atoms with E-state index in [1.165, 1.54) is 24.6 Å². The molecule has 1 saturated heterocycles. The van der Waals surface area contributed by atoms with Gasteiger partial charge in [-0.1, -0.05) is 49.8 Å². The fourth-order valence-electron chi connectivity index (χ4n) is 5.18. The molecule has 2 aromatic heterocycles. The number of anilines is 1. The standard InChI is InChI=1S/C25H30N4O2S2/c1-15-7-10-17(11-8-15)26-22-19(23(30)28-14-16(2)9-12-21(28)27-22)13-20-24(31)29(25(32)33-20)18-5-3-4-6-18/h9,12-15,17-18,26H,3-8,10-11H2,1-2H3/b20-13+. The number of thioether (sulfide) groups is 1. The van der Waals surface area contributed by atoms with Gasteiger partial charge in [-0.15, -0.1) is 0 Å². The molecule has 0 spiro atoms. The van der Waals surface area contributed by atoms with Gasteiger partial charge in [-0.25, -0.2) is 4.98 Å². The van der Waals surface area contributed by atoms with Gasteiger partial charge in [0.2, 0.25) is 0 Å². The molecule has 1 N–H and O–H groups in total. The van der Waals surface area contributed by atoms with Crippen LogP contribution < -0.4 is 10.9 Å². The van der Waals surface area contributed by atoms with Gasteiger partial charge in [0.05, 0.1) is 10.5 Å². The van der Waals surface area contributed by atoms with Crippen LogP contribution in [0.4, 0.5) is 5.82 Å². The molecule has 2 aromatic rings. The predicted molar refractivity (Wildman–Crippen MR) is 139 cm³/mol. The Bertz CT molecular complexity index is 1190. The summed E-state index contributed by atoms with van der Waals surface area (Å²) in [6.45, 7) is 4.24. The van der Waals surface area contributed by atoms with Gasteiger partial charge < -0.3 is 5.32 Å². The van der Waals surface area contributed by atoms with Gasteiger partial charge in [0.25, 0.3) is 11.5 Å². The highest BCUT2D eigenvalue weighted by atomic mass is 32.2. The zero-order valence-electron chi connectivity index (χ0n) is 19.2. The van der Waals surface area contributed by atoms with Crippen LogP contribution in [0.25, 0.3) is 11.7 Å². The molecule has 0 bridgehead atoms. The fourth-order valence-corrected chi connectivity index (χ4v) is 6.57. The second-order valence-electron chi connectivity index (χ2n) is 9.71. The van der Waals surface area contributed by atoms with Crippen molar-refractivity contribution < 1.29 is 4.79 Å². The minimum atomic E-state index is -0.165. The van der Waals surface area contributed by atoms with Gasteiger partial charge in [-0.05, 0) is 69.1 Å². The van der Waals surface area contributed by atoms with Crippen molar-refractivity contribution in [1.82, 2.24) is 14.3 Å². The molecule has 6 nitrogen and oxygen atoms in total. The number of aromatic nitrogens is 2. The molecule has 0 atom stereocenters. The van der Waals surface area contributed by atoms with Crippen LogP contribution in [0.2, 0.25) is 0 Å². The first-order chi connectivity index (χ1) is 15.9. The minimum absolute atomic E-state index is 0.0805. The third kappa shape index (κ3) is 4.47. The summed E-state index contributed by atoms with van der Waals surface area (Å²) in [7, 11) is 0. The first-order valence-electron chi connectivity index (χ1n) is 12.0. The Hall–Kier alpha value is -2.19. The van der Waals surface area contributed by atoms with Crippen molar-refractivity contribution in [3.05, 3.63) is 44.7 Å². The van der Waals surface area contributed by atoms with Crippen LogP contribution in [0.5, 0.6) is 0 Å². The smallest absolute Gasteiger partial charge is 0.267 e. The van der Waals surface area contributed by atoms with Gasteiger partial charge >= 0.3 is 0 Å². The minimum Gasteiger partial charge on any atom is -0.367 e. The van der Waals surface area contributed by atoms with Crippen LogP contribution in [0.3, 0.4) is 0 Å². The van der Waals surface area contributed by atoms with Crippen molar-refractivity contribution >= 4 is 51.7 Å². The molecule has 5 rings (SSSR count). The van der Waals surface area contributed by atoms with Crippen LogP contribution in [0, 0.1) is 12.8 Å². The Balaban J connectivity index is 1.55. The van der Waals surface area contributed by atoms with Gasteiger partial charge in [0.15, 0.2) is 0 Å². The molecular weight excluding hydrogens is 452 g/mol. The molecular formula is C25H30N4O2S2. The summed E-state index contributed by atoms with van der Waals surface area (Å²) in [5, 5.41) is 3.55. The highest BCUT2D eigenvalue weighted by molar-refractivity contribution is 8.26. The zero-order valence-corrected chi connectivity index (χ0v) is 20.8. The lowest BCUT2D eigenvalue weighted by molar-refractivity contribution is -0.123. The van der Waals surface area contributed by atoms with E-state index in [2.05, 4.69) is 12.2 Å². The molecule has 174 valence electrons. The average molecular weight is 483 g/mol. The summed E-state index contributed by atoms with van der Waals surface area (Å²) in [5.41, 5.74) is 1.85. The van der Waals surface area contributed by atoms with Crippen molar-refractivity contribution in [2.45, 2.75) is 77.3 Å². The molecule has 2 saturated carbocycles. The third-order valence-corrected chi connectivity index (χ3v) is 8.48. The van der Waals surface area contributed by atoms with Crippen molar-refractivity contribution in [1.29, 1.82) is 0 Å². The summed E-state index contributed by atoms with van der Waals surface area (Å²) in [4.78, 5) is 33.9. The number of rotatable bonds is 4. The largest absolute Gasteiger partial charge is 0.367 e. The lowest BCUT2D eigenvalue weighted by Crippen LogP contribution is -2.36. The number of thiocarbonyl (C=S) groups is 1. The van der Waals surface area contributed by atoms with Crippen molar-refractivity contribution in [3.8, 4) is 0 Å². The number of hydrogen-bond acceptors (Lipinski definition) is 6. The van der Waals surface area contributed by atoms with E-state index in [4.69, 9.17) is 17.2 Å². The maximum Gasteiger partial charge on any atom is 0.267 e. The van der Waals surface area contributed by atoms with Crippen LogP contribution in [-0.4, -0.2) is 36.6 Å². The molecule has 1 amide bonds. The number of nitrogens with one attached hydrogen (secondary N) is 1. The number of amides is 1. The summed E-state index contributed by atoms with van der Waals surface area (Å²) >= 11 is 6.86. The van der Waals surface area contributed by atoms with Gasteiger partial charge in [-0.2, -0.15) is 0 Å². The van der Waals surface area contributed by atoms with Crippen molar-refractivity contribution in [2.75, 3.05) is 5.32 Å². The normalized spacial score (nSPS) is 25.5. The molecule has 0 radical (unpaired) electrons. The lowest BCUT2D eigenvalue weighted by Gasteiger charge is -2.27. The maximum absolute atomic E-state index is 13.6. The number of hydrogen-bond donors (Lipinski definition) is 1. The number of aryl methyl sites for hydroxylation is 1. The fraction of sp³-hybridized carbons (Fsp3) is 0.520. The molecule has 0 unspecified atom stereocenters. The Morgan fingerprint density at radius 2 is 1.85 bits per heavy atom. The van der Waals surface area contributed by atoms with Crippen molar-refractivity contribution in [2.24, 2.45) is 5.92 Å². The van der Waals surface area contributed by atoms with E-state index in [1.54, 1.807) is 21.6 Å². The van der Waals surface area contributed by atoms with E-state index >= 15 is 0 Å². The number of nitrogens with zero attached hydrogens (tertiary/aromatic N) is 3. The molecule has 3 fully saturated rings. The first kappa shape index (κ1) is 22.6. The Morgan fingerprint density at radius 1 is 1.12 bits per heavy atom.